The molecule has 3 rings (SSSR count). The van der Waals surface area contributed by atoms with Crippen molar-refractivity contribution in [2.75, 3.05) is 0 Å². The maximum absolute atomic E-state index is 10.1. The van der Waals surface area contributed by atoms with Gasteiger partial charge in [-0.25, -0.2) is 0 Å². The Hall–Kier alpha value is -0.860. The first-order chi connectivity index (χ1) is 13.6. The summed E-state index contributed by atoms with van der Waals surface area (Å²) in [4.78, 5) is 0. The number of fused-ring (bicyclic) bond motifs is 1. The van der Waals surface area contributed by atoms with Crippen molar-refractivity contribution in [2.45, 2.75) is 117 Å². The topological polar surface area (TPSA) is 40.5 Å². The third-order valence-corrected chi connectivity index (χ3v) is 8.41. The van der Waals surface area contributed by atoms with Gasteiger partial charge in [-0.2, -0.15) is 0 Å². The van der Waals surface area contributed by atoms with Gasteiger partial charge in [0, 0.05) is 0 Å². The van der Waals surface area contributed by atoms with Gasteiger partial charge in [0.05, 0.1) is 11.7 Å². The highest BCUT2D eigenvalue weighted by Gasteiger charge is 2.50. The molecule has 4 unspecified atom stereocenters. The Morgan fingerprint density at radius 2 is 1.90 bits per heavy atom. The Morgan fingerprint density at radius 3 is 2.60 bits per heavy atom. The van der Waals surface area contributed by atoms with E-state index in [1.54, 1.807) is 5.57 Å². The summed E-state index contributed by atoms with van der Waals surface area (Å²) < 4.78 is 0. The van der Waals surface area contributed by atoms with Crippen LogP contribution >= 0.6 is 0 Å². The largest absolute Gasteiger partial charge is 0.390 e. The van der Waals surface area contributed by atoms with Crippen molar-refractivity contribution >= 4 is 0 Å². The van der Waals surface area contributed by atoms with Gasteiger partial charge in [0.2, 0.25) is 0 Å². The second-order valence-electron chi connectivity index (χ2n) is 11.1. The van der Waals surface area contributed by atoms with Crippen LogP contribution in [0.4, 0.5) is 0 Å². The number of hydrogen-bond donors (Lipinski definition) is 2. The highest BCUT2D eigenvalue weighted by Crippen LogP contribution is 2.60. The van der Waals surface area contributed by atoms with Crippen molar-refractivity contribution in [2.24, 2.45) is 23.2 Å². The fourth-order valence-corrected chi connectivity index (χ4v) is 6.70. The zero-order chi connectivity index (χ0) is 21.2. The number of aliphatic hydroxyl groups excluding tert-OH is 1. The van der Waals surface area contributed by atoms with Gasteiger partial charge < -0.3 is 10.2 Å². The first-order valence-corrected chi connectivity index (χ1v) is 12.1. The van der Waals surface area contributed by atoms with Crippen molar-refractivity contribution in [3.63, 3.8) is 0 Å². The molecule has 0 aromatic carbocycles. The Bertz CT molecular complexity index is 650. The van der Waals surface area contributed by atoms with Crippen molar-refractivity contribution in [3.8, 4) is 0 Å². The first kappa shape index (κ1) is 25.4. The average molecular weight is 417 g/mol. The van der Waals surface area contributed by atoms with E-state index in [1.165, 1.54) is 44.1 Å². The van der Waals surface area contributed by atoms with Crippen molar-refractivity contribution < 1.29 is 10.2 Å². The molecule has 3 aliphatic carbocycles. The SMILES string of the molecule is C.C=C1/C(=C\C=C2/CCCC3(C)C2CCC3C(C)CCCC(C)(C)O)CCC[C@@H]1O. The number of hydrogen-bond acceptors (Lipinski definition) is 2. The first-order valence-electron chi connectivity index (χ1n) is 12.1. The van der Waals surface area contributed by atoms with Gasteiger partial charge in [0.25, 0.3) is 0 Å². The Morgan fingerprint density at radius 1 is 1.17 bits per heavy atom. The van der Waals surface area contributed by atoms with Crippen LogP contribution in [0.3, 0.4) is 0 Å². The van der Waals surface area contributed by atoms with Crippen LogP contribution in [0.1, 0.15) is 106 Å². The molecule has 0 radical (unpaired) electrons. The third-order valence-electron chi connectivity index (χ3n) is 8.41. The maximum atomic E-state index is 10.1. The predicted molar refractivity (Wildman–Crippen MR) is 129 cm³/mol. The maximum Gasteiger partial charge on any atom is 0.0787 e. The van der Waals surface area contributed by atoms with Gasteiger partial charge >= 0.3 is 0 Å². The van der Waals surface area contributed by atoms with Crippen molar-refractivity contribution in [1.29, 1.82) is 0 Å². The molecule has 3 aliphatic rings. The standard InChI is InChI=1S/C27H44O2.CH4/c1-19(9-7-17-26(3,4)29)23-15-16-24-22(11-8-18-27(23,24)5)14-13-21-10-6-12-25(28)20(21)2;/h13-14,19,23-25,28-29H,2,6-12,15-18H2,1,3-5H3;1H4/b21-13-,22-14+;/t19?,23?,24?,25-,27?;/m0./s1. The molecule has 30 heavy (non-hydrogen) atoms. The van der Waals surface area contributed by atoms with E-state index in [2.05, 4.69) is 32.6 Å². The molecule has 0 bridgehead atoms. The van der Waals surface area contributed by atoms with E-state index in [-0.39, 0.29) is 13.5 Å². The van der Waals surface area contributed by atoms with Gasteiger partial charge in [0.1, 0.15) is 0 Å². The molecule has 2 N–H and O–H groups in total. The lowest BCUT2D eigenvalue weighted by Gasteiger charge is -2.44. The minimum Gasteiger partial charge on any atom is -0.390 e. The van der Waals surface area contributed by atoms with E-state index < -0.39 is 5.60 Å². The molecule has 0 amide bonds. The summed E-state index contributed by atoms with van der Waals surface area (Å²) in [6, 6.07) is 0. The van der Waals surface area contributed by atoms with Crippen LogP contribution in [0, 0.1) is 23.2 Å². The van der Waals surface area contributed by atoms with Crippen LogP contribution < -0.4 is 0 Å². The second kappa shape index (κ2) is 10.2. The lowest BCUT2D eigenvalue weighted by Crippen LogP contribution is -2.36. The molecular formula is C28H48O2. The lowest BCUT2D eigenvalue weighted by molar-refractivity contribution is 0.0596. The van der Waals surface area contributed by atoms with Gasteiger partial charge in [0.15, 0.2) is 0 Å². The summed E-state index contributed by atoms with van der Waals surface area (Å²) in [5.74, 6) is 2.26. The molecule has 0 heterocycles. The molecule has 0 spiro atoms. The third kappa shape index (κ3) is 5.68. The predicted octanol–water partition coefficient (Wildman–Crippen LogP) is 7.37. The quantitative estimate of drug-likeness (QED) is 0.474. The molecule has 2 heteroatoms. The van der Waals surface area contributed by atoms with E-state index >= 15 is 0 Å². The molecule has 3 fully saturated rings. The van der Waals surface area contributed by atoms with Crippen molar-refractivity contribution in [1.82, 2.24) is 0 Å². The highest BCUT2D eigenvalue weighted by molar-refractivity contribution is 5.37. The Kier molecular flexibility index (Phi) is 8.61. The fourth-order valence-electron chi connectivity index (χ4n) is 6.70. The summed E-state index contributed by atoms with van der Waals surface area (Å²) in [7, 11) is 0. The monoisotopic (exact) mass is 416 g/mol. The summed E-state index contributed by atoms with van der Waals surface area (Å²) in [5.41, 5.74) is 3.74. The minimum absolute atomic E-state index is 0. The second-order valence-corrected chi connectivity index (χ2v) is 11.1. The Labute approximate surface area is 186 Å². The van der Waals surface area contributed by atoms with Crippen LogP contribution in [-0.4, -0.2) is 21.9 Å². The minimum atomic E-state index is -0.535. The normalized spacial score (nSPS) is 35.9. The molecule has 5 atom stereocenters. The lowest BCUT2D eigenvalue weighted by atomic mass is 9.60. The van der Waals surface area contributed by atoms with Crippen LogP contribution in [0.2, 0.25) is 0 Å². The highest BCUT2D eigenvalue weighted by atomic mass is 16.3. The van der Waals surface area contributed by atoms with E-state index in [9.17, 15) is 10.2 Å². The van der Waals surface area contributed by atoms with E-state index in [0.717, 1.165) is 55.4 Å². The molecule has 172 valence electrons. The van der Waals surface area contributed by atoms with Crippen LogP contribution in [0.15, 0.2) is 35.5 Å². The summed E-state index contributed by atoms with van der Waals surface area (Å²) in [5, 5.41) is 20.2. The summed E-state index contributed by atoms with van der Waals surface area (Å²) in [6.45, 7) is 13.0. The molecule has 0 aromatic heterocycles. The molecule has 2 nitrogen and oxygen atoms in total. The smallest absolute Gasteiger partial charge is 0.0787 e. The van der Waals surface area contributed by atoms with Gasteiger partial charge in [-0.05, 0) is 106 Å². The fraction of sp³-hybridized carbons (Fsp3) is 0.786. The van der Waals surface area contributed by atoms with Crippen LogP contribution in [-0.2, 0) is 0 Å². The van der Waals surface area contributed by atoms with Crippen LogP contribution in [0.5, 0.6) is 0 Å². The zero-order valence-corrected chi connectivity index (χ0v) is 19.3. The molecule has 0 aliphatic heterocycles. The van der Waals surface area contributed by atoms with Gasteiger partial charge in [-0.1, -0.05) is 58.4 Å². The summed E-state index contributed by atoms with van der Waals surface area (Å²) >= 11 is 0. The molecule has 0 aromatic rings. The van der Waals surface area contributed by atoms with Crippen LogP contribution in [0.25, 0.3) is 0 Å². The van der Waals surface area contributed by atoms with E-state index in [0.29, 0.717) is 5.41 Å². The van der Waals surface area contributed by atoms with E-state index in [1.807, 2.05) is 13.8 Å². The van der Waals surface area contributed by atoms with Crippen molar-refractivity contribution in [3.05, 3.63) is 35.5 Å². The summed E-state index contributed by atoms with van der Waals surface area (Å²) in [6.07, 6.45) is 17.2. The molecule has 0 saturated heterocycles. The number of allylic oxidation sites excluding steroid dienone is 3. The molecular weight excluding hydrogens is 368 g/mol. The zero-order valence-electron chi connectivity index (χ0n) is 19.3. The van der Waals surface area contributed by atoms with Gasteiger partial charge in [-0.3, -0.25) is 0 Å². The number of aliphatic hydroxyl groups is 2. The van der Waals surface area contributed by atoms with Gasteiger partial charge in [-0.15, -0.1) is 0 Å². The van der Waals surface area contributed by atoms with E-state index in [4.69, 9.17) is 0 Å². The molecule has 3 saturated carbocycles. The Balaban J connectivity index is 0.00000320. The average Bonchev–Trinajstić information content (AvgIpc) is 2.99. The number of rotatable bonds is 6.